The lowest BCUT2D eigenvalue weighted by Gasteiger charge is -2.29. The number of ether oxygens (including phenoxy) is 2. The molecule has 6 heteroatoms. The molecule has 3 aromatic rings. The van der Waals surface area contributed by atoms with Gasteiger partial charge in [-0.15, -0.1) is 0 Å². The van der Waals surface area contributed by atoms with Crippen LogP contribution in [-0.4, -0.2) is 30.7 Å². The van der Waals surface area contributed by atoms with Crippen LogP contribution in [0.4, 0.5) is 17.5 Å². The van der Waals surface area contributed by atoms with E-state index in [-0.39, 0.29) is 0 Å². The molecule has 0 bridgehead atoms. The van der Waals surface area contributed by atoms with Crippen LogP contribution in [0.15, 0.2) is 48.7 Å². The van der Waals surface area contributed by atoms with E-state index in [0.29, 0.717) is 0 Å². The predicted molar refractivity (Wildman–Crippen MR) is 111 cm³/mol. The third-order valence-corrected chi connectivity index (χ3v) is 5.05. The highest BCUT2D eigenvalue weighted by atomic mass is 16.5. The van der Waals surface area contributed by atoms with Gasteiger partial charge in [0.25, 0.3) is 0 Å². The van der Waals surface area contributed by atoms with Gasteiger partial charge in [-0.2, -0.15) is 4.98 Å². The molecule has 144 valence electrons. The van der Waals surface area contributed by atoms with Gasteiger partial charge in [-0.05, 0) is 54.3 Å². The second kappa shape index (κ2) is 7.76. The fourth-order valence-corrected chi connectivity index (χ4v) is 3.48. The monoisotopic (exact) mass is 376 g/mol. The van der Waals surface area contributed by atoms with Gasteiger partial charge >= 0.3 is 0 Å². The maximum absolute atomic E-state index is 5.46. The average molecular weight is 376 g/mol. The lowest BCUT2D eigenvalue weighted by atomic mass is 9.99. The number of nitrogens with zero attached hydrogens (tertiary/aromatic N) is 3. The van der Waals surface area contributed by atoms with Crippen LogP contribution in [0.5, 0.6) is 11.5 Å². The van der Waals surface area contributed by atoms with Crippen LogP contribution in [0.3, 0.4) is 0 Å². The largest absolute Gasteiger partial charge is 0.493 e. The Labute approximate surface area is 165 Å². The Morgan fingerprint density at radius 2 is 1.75 bits per heavy atom. The predicted octanol–water partition coefficient (Wildman–Crippen LogP) is 4.11. The summed E-state index contributed by atoms with van der Waals surface area (Å²) >= 11 is 0. The topological polar surface area (TPSA) is 59.5 Å². The number of nitrogens with one attached hydrogen (secondary N) is 1. The van der Waals surface area contributed by atoms with Gasteiger partial charge in [0.05, 0.1) is 14.2 Å². The minimum Gasteiger partial charge on any atom is -0.493 e. The van der Waals surface area contributed by atoms with Crippen molar-refractivity contribution < 1.29 is 9.47 Å². The lowest BCUT2D eigenvalue weighted by molar-refractivity contribution is 0.353. The second-order valence-electron chi connectivity index (χ2n) is 6.83. The summed E-state index contributed by atoms with van der Waals surface area (Å²) in [4.78, 5) is 11.4. The van der Waals surface area contributed by atoms with Gasteiger partial charge in [0.15, 0.2) is 11.5 Å². The normalized spacial score (nSPS) is 13.0. The number of hydrogen-bond donors (Lipinski definition) is 1. The summed E-state index contributed by atoms with van der Waals surface area (Å²) in [6.07, 6.45) is 2.71. The Kier molecular flexibility index (Phi) is 5.02. The first-order chi connectivity index (χ1) is 13.7. The first-order valence-corrected chi connectivity index (χ1v) is 9.32. The zero-order chi connectivity index (χ0) is 19.5. The maximum atomic E-state index is 5.46. The molecule has 0 saturated carbocycles. The van der Waals surface area contributed by atoms with Crippen LogP contribution in [0.1, 0.15) is 16.7 Å². The lowest BCUT2D eigenvalue weighted by Crippen LogP contribution is -2.31. The van der Waals surface area contributed by atoms with Crippen molar-refractivity contribution in [2.24, 2.45) is 0 Å². The summed E-state index contributed by atoms with van der Waals surface area (Å²) in [6, 6.07) is 14.2. The molecule has 0 spiro atoms. The number of rotatable bonds is 5. The standard InChI is InChI=1S/C22H24N4O2/c1-15-6-4-5-7-18(15)24-21-8-10-23-22(25-21)26-11-9-16-12-19(27-2)20(28-3)13-17(16)14-26/h4-8,10,12-13H,9,11,14H2,1-3H3,(H,23,24,25). The van der Waals surface area contributed by atoms with E-state index in [1.54, 1.807) is 20.4 Å². The van der Waals surface area contributed by atoms with E-state index in [2.05, 4.69) is 40.3 Å². The number of aryl methyl sites for hydroxylation is 1. The van der Waals surface area contributed by atoms with E-state index in [0.717, 1.165) is 48.5 Å². The van der Waals surface area contributed by atoms with Crippen LogP contribution in [-0.2, 0) is 13.0 Å². The van der Waals surface area contributed by atoms with E-state index in [4.69, 9.17) is 14.5 Å². The Morgan fingerprint density at radius 1 is 1.00 bits per heavy atom. The smallest absolute Gasteiger partial charge is 0.227 e. The van der Waals surface area contributed by atoms with Crippen molar-refractivity contribution in [1.29, 1.82) is 0 Å². The molecule has 0 amide bonds. The van der Waals surface area contributed by atoms with E-state index < -0.39 is 0 Å². The van der Waals surface area contributed by atoms with Gasteiger partial charge < -0.3 is 19.7 Å². The van der Waals surface area contributed by atoms with Crippen molar-refractivity contribution in [1.82, 2.24) is 9.97 Å². The number of benzene rings is 2. The quantitative estimate of drug-likeness (QED) is 0.723. The number of hydrogen-bond acceptors (Lipinski definition) is 6. The third kappa shape index (κ3) is 3.58. The molecule has 6 nitrogen and oxygen atoms in total. The molecule has 1 aliphatic rings. The Morgan fingerprint density at radius 3 is 2.50 bits per heavy atom. The van der Waals surface area contributed by atoms with Crippen molar-refractivity contribution in [2.75, 3.05) is 31.0 Å². The molecule has 1 aromatic heterocycles. The summed E-state index contributed by atoms with van der Waals surface area (Å²) in [5, 5.41) is 3.39. The van der Waals surface area contributed by atoms with Gasteiger partial charge in [-0.25, -0.2) is 4.98 Å². The Hall–Kier alpha value is -3.28. The Balaban J connectivity index is 1.57. The van der Waals surface area contributed by atoms with Crippen molar-refractivity contribution in [3.05, 3.63) is 65.4 Å². The van der Waals surface area contributed by atoms with Gasteiger partial charge in [0, 0.05) is 25.0 Å². The highest BCUT2D eigenvalue weighted by Gasteiger charge is 2.21. The van der Waals surface area contributed by atoms with Crippen molar-refractivity contribution in [3.8, 4) is 11.5 Å². The molecule has 1 aliphatic heterocycles. The van der Waals surface area contributed by atoms with E-state index in [9.17, 15) is 0 Å². The van der Waals surface area contributed by atoms with Gasteiger partial charge in [0.1, 0.15) is 5.82 Å². The van der Waals surface area contributed by atoms with E-state index in [1.807, 2.05) is 24.3 Å². The molecular formula is C22H24N4O2. The molecule has 0 fully saturated rings. The number of para-hydroxylation sites is 1. The minimum atomic E-state index is 0.721. The summed E-state index contributed by atoms with van der Waals surface area (Å²) < 4.78 is 10.9. The molecule has 0 unspecified atom stereocenters. The molecule has 0 atom stereocenters. The van der Waals surface area contributed by atoms with Gasteiger partial charge in [-0.3, -0.25) is 0 Å². The van der Waals surface area contributed by atoms with Crippen molar-refractivity contribution in [3.63, 3.8) is 0 Å². The highest BCUT2D eigenvalue weighted by Crippen LogP contribution is 2.34. The Bertz CT molecular complexity index is 990. The van der Waals surface area contributed by atoms with Crippen LogP contribution >= 0.6 is 0 Å². The van der Waals surface area contributed by atoms with Crippen LogP contribution in [0.2, 0.25) is 0 Å². The summed E-state index contributed by atoms with van der Waals surface area (Å²) in [6.45, 7) is 3.67. The minimum absolute atomic E-state index is 0.721. The second-order valence-corrected chi connectivity index (χ2v) is 6.83. The number of methoxy groups -OCH3 is 2. The fourth-order valence-electron chi connectivity index (χ4n) is 3.48. The zero-order valence-corrected chi connectivity index (χ0v) is 16.4. The molecule has 0 aliphatic carbocycles. The van der Waals surface area contributed by atoms with E-state index >= 15 is 0 Å². The molecule has 0 radical (unpaired) electrons. The third-order valence-electron chi connectivity index (χ3n) is 5.05. The maximum Gasteiger partial charge on any atom is 0.227 e. The summed E-state index contributed by atoms with van der Waals surface area (Å²) in [7, 11) is 3.33. The molecular weight excluding hydrogens is 352 g/mol. The molecule has 28 heavy (non-hydrogen) atoms. The number of anilines is 3. The summed E-state index contributed by atoms with van der Waals surface area (Å²) in [5.74, 6) is 3.03. The SMILES string of the molecule is COc1cc2c(cc1OC)CN(c1nccc(Nc3ccccc3C)n1)CC2. The number of fused-ring (bicyclic) bond motifs is 1. The average Bonchev–Trinajstić information content (AvgIpc) is 2.74. The van der Waals surface area contributed by atoms with Gasteiger partial charge in [-0.1, -0.05) is 18.2 Å². The van der Waals surface area contributed by atoms with Crippen molar-refractivity contribution in [2.45, 2.75) is 19.9 Å². The highest BCUT2D eigenvalue weighted by molar-refractivity contribution is 5.61. The zero-order valence-electron chi connectivity index (χ0n) is 16.4. The van der Waals surface area contributed by atoms with Crippen LogP contribution in [0, 0.1) is 6.92 Å². The fraction of sp³-hybridized carbons (Fsp3) is 0.273. The summed E-state index contributed by atoms with van der Waals surface area (Å²) in [5.41, 5.74) is 4.72. The van der Waals surface area contributed by atoms with Crippen molar-refractivity contribution >= 4 is 17.5 Å². The molecule has 2 heterocycles. The molecule has 1 N–H and O–H groups in total. The van der Waals surface area contributed by atoms with E-state index in [1.165, 1.54) is 16.7 Å². The van der Waals surface area contributed by atoms with Crippen LogP contribution < -0.4 is 19.7 Å². The molecule has 0 saturated heterocycles. The molecule has 2 aromatic carbocycles. The molecule has 4 rings (SSSR count). The first kappa shape index (κ1) is 18.1. The first-order valence-electron chi connectivity index (χ1n) is 9.32. The number of aromatic nitrogens is 2. The van der Waals surface area contributed by atoms with Gasteiger partial charge in [0.2, 0.25) is 5.95 Å². The van der Waals surface area contributed by atoms with Crippen LogP contribution in [0.25, 0.3) is 0 Å².